The van der Waals surface area contributed by atoms with Crippen LogP contribution in [0.5, 0.6) is 5.75 Å². The van der Waals surface area contributed by atoms with E-state index in [-0.39, 0.29) is 5.75 Å². The van der Waals surface area contributed by atoms with Crippen LogP contribution < -0.4 is 10.6 Å². The lowest BCUT2D eigenvalue weighted by molar-refractivity contribution is 0.475. The number of phenolic OH excluding ortho intramolecular Hbond substituents is 1. The highest BCUT2D eigenvalue weighted by atomic mass is 32.1. The summed E-state index contributed by atoms with van der Waals surface area (Å²) in [6, 6.07) is 14.8. The van der Waals surface area contributed by atoms with Gasteiger partial charge in [0.15, 0.2) is 0 Å². The van der Waals surface area contributed by atoms with E-state index in [2.05, 4.69) is 0 Å². The molecule has 0 heterocycles. The number of phenols is 1. The molecule has 0 unspecified atom stereocenters. The topological polar surface area (TPSA) is 49.5 Å². The summed E-state index contributed by atoms with van der Waals surface area (Å²) in [6.07, 6.45) is 0. The van der Waals surface area contributed by atoms with Crippen molar-refractivity contribution in [1.82, 2.24) is 0 Å². The summed E-state index contributed by atoms with van der Waals surface area (Å²) in [6.45, 7) is 0. The van der Waals surface area contributed by atoms with E-state index >= 15 is 0 Å². The first-order valence-corrected chi connectivity index (χ1v) is 5.91. The molecule has 0 fully saturated rings. The SMILES string of the molecule is CN(c1ccc(C(N)=S)cc1)c1cccc(O)c1. The minimum atomic E-state index is 0.249. The van der Waals surface area contributed by atoms with Gasteiger partial charge in [0.05, 0.1) is 0 Å². The summed E-state index contributed by atoms with van der Waals surface area (Å²) in [4.78, 5) is 2.37. The van der Waals surface area contributed by atoms with E-state index in [1.54, 1.807) is 12.1 Å². The maximum absolute atomic E-state index is 9.47. The Morgan fingerprint density at radius 2 is 1.78 bits per heavy atom. The summed E-state index contributed by atoms with van der Waals surface area (Å²) in [5, 5.41) is 9.47. The monoisotopic (exact) mass is 258 g/mol. The second-order valence-electron chi connectivity index (χ2n) is 3.99. The molecule has 4 heteroatoms. The van der Waals surface area contributed by atoms with Crippen LogP contribution >= 0.6 is 12.2 Å². The van der Waals surface area contributed by atoms with Crippen molar-refractivity contribution in [1.29, 1.82) is 0 Å². The van der Waals surface area contributed by atoms with Crippen LogP contribution in [0.3, 0.4) is 0 Å². The Hall–Kier alpha value is -2.07. The van der Waals surface area contributed by atoms with Gasteiger partial charge < -0.3 is 15.7 Å². The average Bonchev–Trinajstić information content (AvgIpc) is 2.38. The molecule has 0 aliphatic rings. The largest absolute Gasteiger partial charge is 0.508 e. The molecule has 2 aromatic carbocycles. The molecule has 0 atom stereocenters. The van der Waals surface area contributed by atoms with Crippen molar-refractivity contribution < 1.29 is 5.11 Å². The van der Waals surface area contributed by atoms with E-state index in [9.17, 15) is 5.11 Å². The zero-order chi connectivity index (χ0) is 13.1. The second-order valence-corrected chi connectivity index (χ2v) is 4.43. The summed E-state index contributed by atoms with van der Waals surface area (Å²) < 4.78 is 0. The smallest absolute Gasteiger partial charge is 0.117 e. The Bertz CT molecular complexity index is 566. The minimum Gasteiger partial charge on any atom is -0.508 e. The average molecular weight is 258 g/mol. The maximum Gasteiger partial charge on any atom is 0.117 e. The van der Waals surface area contributed by atoms with E-state index in [4.69, 9.17) is 18.0 Å². The standard InChI is InChI=1S/C14H14N2OS/c1-16(12-3-2-4-13(17)9-12)11-7-5-10(6-8-11)14(15)18/h2-9,17H,1H3,(H2,15,18). The Labute approximate surface area is 111 Å². The molecule has 0 aliphatic heterocycles. The van der Waals surface area contributed by atoms with Gasteiger partial charge in [0.1, 0.15) is 10.7 Å². The highest BCUT2D eigenvalue weighted by Crippen LogP contribution is 2.26. The molecular weight excluding hydrogens is 244 g/mol. The van der Waals surface area contributed by atoms with Gasteiger partial charge in [0, 0.05) is 30.1 Å². The highest BCUT2D eigenvalue weighted by molar-refractivity contribution is 7.80. The number of aromatic hydroxyl groups is 1. The second kappa shape index (κ2) is 5.06. The minimum absolute atomic E-state index is 0.249. The van der Waals surface area contributed by atoms with Crippen LogP contribution in [0.25, 0.3) is 0 Å². The summed E-state index contributed by atoms with van der Waals surface area (Å²) >= 11 is 4.91. The fourth-order valence-electron chi connectivity index (χ4n) is 1.70. The number of hydrogen-bond acceptors (Lipinski definition) is 3. The van der Waals surface area contributed by atoms with Crippen molar-refractivity contribution in [3.63, 3.8) is 0 Å². The van der Waals surface area contributed by atoms with Gasteiger partial charge >= 0.3 is 0 Å². The molecule has 0 saturated heterocycles. The molecule has 3 nitrogen and oxygen atoms in total. The third-order valence-electron chi connectivity index (χ3n) is 2.76. The third kappa shape index (κ3) is 2.60. The molecule has 92 valence electrons. The number of anilines is 2. The fraction of sp³-hybridized carbons (Fsp3) is 0.0714. The number of nitrogens with two attached hydrogens (primary N) is 1. The first-order valence-electron chi connectivity index (χ1n) is 5.50. The quantitative estimate of drug-likeness (QED) is 0.831. The predicted molar refractivity (Wildman–Crippen MR) is 78.5 cm³/mol. The molecular formula is C14H14N2OS. The molecule has 0 saturated carbocycles. The molecule has 18 heavy (non-hydrogen) atoms. The van der Waals surface area contributed by atoms with E-state index in [1.165, 1.54) is 0 Å². The van der Waals surface area contributed by atoms with E-state index < -0.39 is 0 Å². The molecule has 0 aromatic heterocycles. The predicted octanol–water partition coefficient (Wildman–Crippen LogP) is 2.79. The van der Waals surface area contributed by atoms with Crippen molar-refractivity contribution in [2.24, 2.45) is 5.73 Å². The van der Waals surface area contributed by atoms with Crippen molar-refractivity contribution in [2.45, 2.75) is 0 Å². The zero-order valence-electron chi connectivity index (χ0n) is 10.00. The van der Waals surface area contributed by atoms with E-state index in [1.807, 2.05) is 48.3 Å². The van der Waals surface area contributed by atoms with Gasteiger partial charge in [-0.1, -0.05) is 18.3 Å². The van der Waals surface area contributed by atoms with Crippen molar-refractivity contribution in [2.75, 3.05) is 11.9 Å². The Balaban J connectivity index is 2.28. The molecule has 0 bridgehead atoms. The van der Waals surface area contributed by atoms with Crippen LogP contribution in [0, 0.1) is 0 Å². The van der Waals surface area contributed by atoms with Gasteiger partial charge in [-0.2, -0.15) is 0 Å². The van der Waals surface area contributed by atoms with E-state index in [0.29, 0.717) is 4.99 Å². The summed E-state index contributed by atoms with van der Waals surface area (Å²) in [5.41, 5.74) is 8.32. The Kier molecular flexibility index (Phi) is 3.48. The van der Waals surface area contributed by atoms with E-state index in [0.717, 1.165) is 16.9 Å². The van der Waals surface area contributed by atoms with Crippen molar-refractivity contribution in [3.05, 3.63) is 54.1 Å². The highest BCUT2D eigenvalue weighted by Gasteiger charge is 2.05. The molecule has 0 amide bonds. The van der Waals surface area contributed by atoms with Gasteiger partial charge in [0.25, 0.3) is 0 Å². The lowest BCUT2D eigenvalue weighted by Gasteiger charge is -2.19. The summed E-state index contributed by atoms with van der Waals surface area (Å²) in [7, 11) is 1.94. The van der Waals surface area contributed by atoms with Crippen molar-refractivity contribution in [3.8, 4) is 5.75 Å². The molecule has 2 rings (SSSR count). The maximum atomic E-state index is 9.47. The molecule has 3 N–H and O–H groups in total. The number of rotatable bonds is 3. The summed E-state index contributed by atoms with van der Waals surface area (Å²) in [5.74, 6) is 0.249. The van der Waals surface area contributed by atoms with Crippen LogP contribution in [0.15, 0.2) is 48.5 Å². The number of benzene rings is 2. The van der Waals surface area contributed by atoms with Crippen molar-refractivity contribution >= 4 is 28.6 Å². The van der Waals surface area contributed by atoms with Crippen LogP contribution in [0.1, 0.15) is 5.56 Å². The molecule has 0 radical (unpaired) electrons. The molecule has 0 aliphatic carbocycles. The number of thiocarbonyl (C=S) groups is 1. The van der Waals surface area contributed by atoms with Crippen LogP contribution in [-0.4, -0.2) is 17.1 Å². The van der Waals surface area contributed by atoms with Gasteiger partial charge in [-0.25, -0.2) is 0 Å². The first-order chi connectivity index (χ1) is 8.58. The Morgan fingerprint density at radius 1 is 1.11 bits per heavy atom. The fourth-order valence-corrected chi connectivity index (χ4v) is 1.84. The lowest BCUT2D eigenvalue weighted by Crippen LogP contribution is -2.11. The number of hydrogen-bond donors (Lipinski definition) is 2. The molecule has 2 aromatic rings. The Morgan fingerprint density at radius 3 is 2.33 bits per heavy atom. The molecule has 0 spiro atoms. The zero-order valence-corrected chi connectivity index (χ0v) is 10.8. The van der Waals surface area contributed by atoms with Crippen LogP contribution in [0.4, 0.5) is 11.4 Å². The first kappa shape index (κ1) is 12.4. The van der Waals surface area contributed by atoms with Gasteiger partial charge in [0.2, 0.25) is 0 Å². The van der Waals surface area contributed by atoms with Gasteiger partial charge in [-0.05, 0) is 36.4 Å². The van der Waals surface area contributed by atoms with Gasteiger partial charge in [-0.15, -0.1) is 0 Å². The van der Waals surface area contributed by atoms with Crippen LogP contribution in [0.2, 0.25) is 0 Å². The third-order valence-corrected chi connectivity index (χ3v) is 2.99. The van der Waals surface area contributed by atoms with Crippen LogP contribution in [-0.2, 0) is 0 Å². The lowest BCUT2D eigenvalue weighted by atomic mass is 10.2. The normalized spacial score (nSPS) is 10.1. The van der Waals surface area contributed by atoms with Gasteiger partial charge in [-0.3, -0.25) is 0 Å². The number of nitrogens with zero attached hydrogens (tertiary/aromatic N) is 1.